The molecule has 0 aromatic carbocycles. The second-order valence-electron chi connectivity index (χ2n) is 23.1. The van der Waals surface area contributed by atoms with Crippen LogP contribution in [0.1, 0.15) is 354 Å². The summed E-state index contributed by atoms with van der Waals surface area (Å²) in [5, 5.41) is 23.2. The van der Waals surface area contributed by atoms with Crippen molar-refractivity contribution >= 4 is 11.9 Å². The van der Waals surface area contributed by atoms with Crippen LogP contribution in [0.2, 0.25) is 0 Å². The molecule has 77 heavy (non-hydrogen) atoms. The van der Waals surface area contributed by atoms with E-state index < -0.39 is 12.1 Å². The first-order valence-corrected chi connectivity index (χ1v) is 34.1. The molecule has 0 bridgehead atoms. The van der Waals surface area contributed by atoms with Crippen LogP contribution in [-0.4, -0.2) is 47.4 Å². The van der Waals surface area contributed by atoms with E-state index in [1.807, 2.05) is 6.08 Å². The van der Waals surface area contributed by atoms with Crippen molar-refractivity contribution < 1.29 is 24.5 Å². The summed E-state index contributed by atoms with van der Waals surface area (Å²) in [5.74, 6) is -0.0779. The average Bonchev–Trinajstić information content (AvgIpc) is 3.43. The van der Waals surface area contributed by atoms with Gasteiger partial charge in [0.1, 0.15) is 0 Å². The van der Waals surface area contributed by atoms with E-state index in [9.17, 15) is 19.8 Å². The topological polar surface area (TPSA) is 95.9 Å². The SMILES string of the molecule is CCCCC/C=C\C/C=C\CCCCCCCC(=O)OCCCCCCCCCCC/C=C\C/C=C\CCCCCCCCCCCC(=O)NC(CO)C(O)/C=C/CCCCCCCCCCCCCCCCCCCC. The Morgan fingerprint density at radius 3 is 1.01 bits per heavy atom. The third-order valence-electron chi connectivity index (χ3n) is 15.5. The molecule has 6 heteroatoms. The van der Waals surface area contributed by atoms with E-state index in [4.69, 9.17) is 4.74 Å². The third kappa shape index (κ3) is 62.6. The molecular weight excluding hydrogens is 947 g/mol. The predicted octanol–water partition coefficient (Wildman–Crippen LogP) is 21.9. The molecule has 450 valence electrons. The Hall–Kier alpha value is -2.44. The number of allylic oxidation sites excluding steroid dienone is 9. The fourth-order valence-corrected chi connectivity index (χ4v) is 10.3. The molecule has 0 aliphatic carbocycles. The van der Waals surface area contributed by atoms with Crippen molar-refractivity contribution in [3.63, 3.8) is 0 Å². The maximum absolute atomic E-state index is 12.5. The minimum Gasteiger partial charge on any atom is -0.466 e. The van der Waals surface area contributed by atoms with Crippen LogP contribution in [-0.2, 0) is 14.3 Å². The molecule has 0 spiro atoms. The van der Waals surface area contributed by atoms with Crippen LogP contribution in [0.5, 0.6) is 0 Å². The molecule has 1 amide bonds. The molecule has 3 N–H and O–H groups in total. The van der Waals surface area contributed by atoms with Gasteiger partial charge in [0.2, 0.25) is 5.91 Å². The van der Waals surface area contributed by atoms with Crippen LogP contribution in [0.3, 0.4) is 0 Å². The van der Waals surface area contributed by atoms with Crippen LogP contribution in [0.15, 0.2) is 60.8 Å². The summed E-state index contributed by atoms with van der Waals surface area (Å²) in [6.45, 7) is 4.88. The monoisotopic (exact) mass is 1080 g/mol. The first kappa shape index (κ1) is 74.6. The summed E-state index contributed by atoms with van der Waals surface area (Å²) < 4.78 is 5.48. The Labute approximate surface area is 479 Å². The van der Waals surface area contributed by atoms with Crippen molar-refractivity contribution in [2.24, 2.45) is 0 Å². The van der Waals surface area contributed by atoms with Gasteiger partial charge in [-0.1, -0.05) is 306 Å². The van der Waals surface area contributed by atoms with E-state index in [1.54, 1.807) is 6.08 Å². The van der Waals surface area contributed by atoms with E-state index >= 15 is 0 Å². The Kier molecular flexibility index (Phi) is 64.0. The number of rotatable bonds is 63. The van der Waals surface area contributed by atoms with Crippen LogP contribution in [0, 0.1) is 0 Å². The number of hydrogen-bond acceptors (Lipinski definition) is 5. The van der Waals surface area contributed by atoms with Crippen molar-refractivity contribution in [2.45, 2.75) is 366 Å². The summed E-state index contributed by atoms with van der Waals surface area (Å²) in [7, 11) is 0. The lowest BCUT2D eigenvalue weighted by atomic mass is 10.0. The fourth-order valence-electron chi connectivity index (χ4n) is 10.3. The van der Waals surface area contributed by atoms with Crippen LogP contribution >= 0.6 is 0 Å². The fraction of sp³-hybridized carbons (Fsp3) is 0.831. The highest BCUT2D eigenvalue weighted by atomic mass is 16.5. The maximum atomic E-state index is 12.5. The predicted molar refractivity (Wildman–Crippen MR) is 338 cm³/mol. The van der Waals surface area contributed by atoms with Crippen molar-refractivity contribution in [1.29, 1.82) is 0 Å². The Balaban J connectivity index is 3.47. The quantitative estimate of drug-likeness (QED) is 0.0320. The molecule has 0 fully saturated rings. The molecule has 0 aromatic rings. The number of carbonyl (C=O) groups excluding carboxylic acids is 2. The van der Waals surface area contributed by atoms with E-state index in [-0.39, 0.29) is 18.5 Å². The number of unbranched alkanes of at least 4 members (excludes halogenated alkanes) is 44. The zero-order chi connectivity index (χ0) is 55.7. The van der Waals surface area contributed by atoms with E-state index in [2.05, 4.69) is 67.8 Å². The normalized spacial score (nSPS) is 12.9. The minimum atomic E-state index is -0.851. The number of aliphatic hydroxyl groups is 2. The van der Waals surface area contributed by atoms with Crippen LogP contribution < -0.4 is 5.32 Å². The van der Waals surface area contributed by atoms with Crippen molar-refractivity contribution in [3.8, 4) is 0 Å². The molecule has 0 aromatic heterocycles. The number of esters is 1. The van der Waals surface area contributed by atoms with Gasteiger partial charge in [0.05, 0.1) is 25.4 Å². The highest BCUT2D eigenvalue weighted by Gasteiger charge is 2.18. The lowest BCUT2D eigenvalue weighted by Gasteiger charge is -2.20. The van der Waals surface area contributed by atoms with Gasteiger partial charge in [-0.15, -0.1) is 0 Å². The summed E-state index contributed by atoms with van der Waals surface area (Å²) in [4.78, 5) is 24.6. The van der Waals surface area contributed by atoms with Gasteiger partial charge >= 0.3 is 5.97 Å². The Morgan fingerprint density at radius 2 is 0.649 bits per heavy atom. The van der Waals surface area contributed by atoms with Gasteiger partial charge in [-0.2, -0.15) is 0 Å². The molecule has 6 nitrogen and oxygen atoms in total. The first-order chi connectivity index (χ1) is 38.0. The maximum Gasteiger partial charge on any atom is 0.305 e. The Bertz CT molecular complexity index is 1340. The van der Waals surface area contributed by atoms with E-state index in [0.717, 1.165) is 57.8 Å². The number of carbonyl (C=O) groups is 2. The average molecular weight is 1080 g/mol. The van der Waals surface area contributed by atoms with Crippen LogP contribution in [0.25, 0.3) is 0 Å². The minimum absolute atomic E-state index is 0.00570. The lowest BCUT2D eigenvalue weighted by molar-refractivity contribution is -0.143. The molecule has 0 rings (SSSR count). The largest absolute Gasteiger partial charge is 0.466 e. The van der Waals surface area contributed by atoms with Crippen molar-refractivity contribution in [2.75, 3.05) is 13.2 Å². The zero-order valence-electron chi connectivity index (χ0n) is 51.4. The zero-order valence-corrected chi connectivity index (χ0v) is 51.4. The second-order valence-corrected chi connectivity index (χ2v) is 23.1. The molecule has 0 heterocycles. The van der Waals surface area contributed by atoms with Gasteiger partial charge in [0.15, 0.2) is 0 Å². The highest BCUT2D eigenvalue weighted by Crippen LogP contribution is 2.17. The molecule has 2 unspecified atom stereocenters. The van der Waals surface area contributed by atoms with Gasteiger partial charge in [0.25, 0.3) is 0 Å². The van der Waals surface area contributed by atoms with E-state index in [0.29, 0.717) is 19.4 Å². The molecule has 2 atom stereocenters. The number of nitrogens with one attached hydrogen (secondary N) is 1. The standard InChI is InChI=1S/C71H131NO5/c1-3-5-7-9-11-13-15-17-19-20-21-29-32-36-39-43-47-51-55-59-63-69(74)68(67-73)72-70(75)64-60-56-52-48-44-40-37-33-30-27-25-23-22-24-26-28-31-34-38-42-46-50-54-58-62-66-77-71(76)65-61-57-53-49-45-41-35-18-16-14-12-10-8-6-4-2/h12,14,18,23-26,35,59,63,68-69,73-74H,3-11,13,15-17,19-22,27-34,36-58,60-62,64-67H2,1-2H3,(H,72,75)/b14-12-,25-23-,26-24-,35-18-,63-59+. The second kappa shape index (κ2) is 66.1. The van der Waals surface area contributed by atoms with Crippen molar-refractivity contribution in [3.05, 3.63) is 60.8 Å². The van der Waals surface area contributed by atoms with Gasteiger partial charge in [-0.25, -0.2) is 0 Å². The number of aliphatic hydroxyl groups excluding tert-OH is 2. The van der Waals surface area contributed by atoms with E-state index in [1.165, 1.54) is 270 Å². The summed E-state index contributed by atoms with van der Waals surface area (Å²) in [6, 6.07) is -0.635. The summed E-state index contributed by atoms with van der Waals surface area (Å²) in [6.07, 6.45) is 87.1. The number of ether oxygens (including phenoxy) is 1. The van der Waals surface area contributed by atoms with Gasteiger partial charge < -0.3 is 20.3 Å². The number of amides is 1. The summed E-state index contributed by atoms with van der Waals surface area (Å²) >= 11 is 0. The van der Waals surface area contributed by atoms with Gasteiger partial charge in [0, 0.05) is 12.8 Å². The highest BCUT2D eigenvalue weighted by molar-refractivity contribution is 5.76. The Morgan fingerprint density at radius 1 is 0.364 bits per heavy atom. The van der Waals surface area contributed by atoms with Gasteiger partial charge in [-0.05, 0) is 96.3 Å². The van der Waals surface area contributed by atoms with Gasteiger partial charge in [-0.3, -0.25) is 9.59 Å². The first-order valence-electron chi connectivity index (χ1n) is 34.1. The summed E-state index contributed by atoms with van der Waals surface area (Å²) in [5.41, 5.74) is 0. The third-order valence-corrected chi connectivity index (χ3v) is 15.5. The molecule has 0 radical (unpaired) electrons. The number of hydrogen-bond donors (Lipinski definition) is 3. The lowest BCUT2D eigenvalue weighted by Crippen LogP contribution is -2.45. The smallest absolute Gasteiger partial charge is 0.305 e. The molecular formula is C71H131NO5. The van der Waals surface area contributed by atoms with Crippen molar-refractivity contribution in [1.82, 2.24) is 5.32 Å². The van der Waals surface area contributed by atoms with Crippen LogP contribution in [0.4, 0.5) is 0 Å². The molecule has 0 aliphatic heterocycles. The molecule has 0 aliphatic rings. The molecule has 0 saturated heterocycles. The molecule has 0 saturated carbocycles.